The van der Waals surface area contributed by atoms with E-state index in [-0.39, 0.29) is 11.7 Å². The molecule has 2 rings (SSSR count). The summed E-state index contributed by atoms with van der Waals surface area (Å²) in [5.41, 5.74) is 0.446. The molecule has 0 aliphatic carbocycles. The molecule has 0 saturated carbocycles. The summed E-state index contributed by atoms with van der Waals surface area (Å²) in [6.45, 7) is 10.00. The fraction of sp³-hybridized carbons (Fsp3) is 0.400. The molecule has 0 bridgehead atoms. The van der Waals surface area contributed by atoms with Gasteiger partial charge >= 0.3 is 6.09 Å². The average Bonchev–Trinajstić information content (AvgIpc) is 2.52. The Kier molecular flexibility index (Phi) is 6.04. The zero-order valence-corrected chi connectivity index (χ0v) is 17.0. The molecule has 0 unspecified atom stereocenters. The second-order valence-electron chi connectivity index (χ2n) is 7.91. The molecule has 0 aliphatic rings. The van der Waals surface area contributed by atoms with Crippen molar-refractivity contribution < 1.29 is 19.4 Å². The number of carbonyl (C=O) groups excluding carboxylic acids is 2. The number of hydrogen-bond donors (Lipinski definition) is 3. The lowest BCUT2D eigenvalue weighted by atomic mass is 9.99. The molecule has 0 saturated heterocycles. The lowest BCUT2D eigenvalue weighted by molar-refractivity contribution is -0.114. The van der Waals surface area contributed by atoms with Crippen molar-refractivity contribution in [3.63, 3.8) is 0 Å². The van der Waals surface area contributed by atoms with Crippen LogP contribution in [0.5, 0.6) is 0 Å². The molecule has 8 nitrogen and oxygen atoms in total. The van der Waals surface area contributed by atoms with Crippen LogP contribution in [0, 0.1) is 0 Å². The van der Waals surface area contributed by atoms with E-state index in [1.807, 2.05) is 0 Å². The average molecular weight is 386 g/mol. The molecular formula is C20H26N4O4. The number of hydrogen-bond acceptors (Lipinski definition) is 6. The van der Waals surface area contributed by atoms with E-state index in [1.165, 1.54) is 19.2 Å². The van der Waals surface area contributed by atoms with Gasteiger partial charge in [0.1, 0.15) is 11.4 Å². The third-order valence-corrected chi connectivity index (χ3v) is 3.59. The van der Waals surface area contributed by atoms with Gasteiger partial charge in [0, 0.05) is 36.5 Å². The molecule has 2 aromatic heterocycles. The smallest absolute Gasteiger partial charge is 0.412 e. The quantitative estimate of drug-likeness (QED) is 0.739. The predicted octanol–water partition coefficient (Wildman–Crippen LogP) is 3.68. The van der Waals surface area contributed by atoms with Crippen LogP contribution in [0.3, 0.4) is 0 Å². The Labute approximate surface area is 164 Å². The monoisotopic (exact) mass is 386 g/mol. The molecule has 150 valence electrons. The highest BCUT2D eigenvalue weighted by atomic mass is 16.6. The van der Waals surface area contributed by atoms with Gasteiger partial charge in [0.25, 0.3) is 0 Å². The Morgan fingerprint density at radius 1 is 1.04 bits per heavy atom. The first-order chi connectivity index (χ1) is 12.8. The van der Waals surface area contributed by atoms with E-state index in [9.17, 15) is 14.7 Å². The van der Waals surface area contributed by atoms with E-state index in [1.54, 1.807) is 52.9 Å². The Bertz CT molecular complexity index is 865. The minimum atomic E-state index is -1.02. The summed E-state index contributed by atoms with van der Waals surface area (Å²) >= 11 is 0. The van der Waals surface area contributed by atoms with Crippen LogP contribution >= 0.6 is 0 Å². The van der Waals surface area contributed by atoms with E-state index in [0.29, 0.717) is 22.5 Å². The highest BCUT2D eigenvalue weighted by Gasteiger charge is 2.20. The lowest BCUT2D eigenvalue weighted by Gasteiger charge is -2.21. The maximum absolute atomic E-state index is 12.2. The van der Waals surface area contributed by atoms with Crippen molar-refractivity contribution in [3.05, 3.63) is 36.2 Å². The highest BCUT2D eigenvalue weighted by molar-refractivity contribution is 5.94. The number of carbonyl (C=O) groups is 2. The van der Waals surface area contributed by atoms with Gasteiger partial charge in [-0.2, -0.15) is 0 Å². The normalized spacial score (nSPS) is 11.7. The number of nitrogens with zero attached hydrogens (tertiary/aromatic N) is 2. The minimum Gasteiger partial charge on any atom is -0.444 e. The Balaban J connectivity index is 2.41. The molecule has 3 N–H and O–H groups in total. The summed E-state index contributed by atoms with van der Waals surface area (Å²) in [6, 6.07) is 5.01. The fourth-order valence-corrected chi connectivity index (χ4v) is 2.34. The second-order valence-corrected chi connectivity index (χ2v) is 7.91. The number of ether oxygens (including phenoxy) is 1. The number of rotatable bonds is 4. The van der Waals surface area contributed by atoms with Gasteiger partial charge < -0.3 is 15.2 Å². The fourth-order valence-electron chi connectivity index (χ4n) is 2.34. The van der Waals surface area contributed by atoms with Gasteiger partial charge in [0.2, 0.25) is 5.91 Å². The second kappa shape index (κ2) is 7.93. The van der Waals surface area contributed by atoms with Crippen molar-refractivity contribution in [2.45, 2.75) is 52.7 Å². The SMILES string of the molecule is CC(=O)Nc1cc(NC(=O)OC(C)(C)C)c(-c2ccc(C(C)(C)O)cn2)cn1. The van der Waals surface area contributed by atoms with E-state index in [2.05, 4.69) is 20.6 Å². The van der Waals surface area contributed by atoms with E-state index in [4.69, 9.17) is 4.74 Å². The Morgan fingerprint density at radius 2 is 1.71 bits per heavy atom. The Hall–Kier alpha value is -3.00. The van der Waals surface area contributed by atoms with Crippen molar-refractivity contribution in [1.29, 1.82) is 0 Å². The third kappa shape index (κ3) is 6.02. The van der Waals surface area contributed by atoms with Crippen molar-refractivity contribution in [3.8, 4) is 11.3 Å². The highest BCUT2D eigenvalue weighted by Crippen LogP contribution is 2.30. The topological polar surface area (TPSA) is 113 Å². The summed E-state index contributed by atoms with van der Waals surface area (Å²) < 4.78 is 5.31. The first kappa shape index (κ1) is 21.3. The molecular weight excluding hydrogens is 360 g/mol. The lowest BCUT2D eigenvalue weighted by Crippen LogP contribution is -2.27. The van der Waals surface area contributed by atoms with Crippen molar-refractivity contribution in [2.75, 3.05) is 10.6 Å². The van der Waals surface area contributed by atoms with Crippen LogP contribution in [0.4, 0.5) is 16.3 Å². The third-order valence-electron chi connectivity index (χ3n) is 3.59. The van der Waals surface area contributed by atoms with Gasteiger partial charge in [-0.15, -0.1) is 0 Å². The number of amides is 2. The summed E-state index contributed by atoms with van der Waals surface area (Å²) in [4.78, 5) is 32.1. The zero-order chi connectivity index (χ0) is 21.1. The number of pyridine rings is 2. The molecule has 2 heterocycles. The molecule has 28 heavy (non-hydrogen) atoms. The summed E-state index contributed by atoms with van der Waals surface area (Å²) in [7, 11) is 0. The number of aromatic nitrogens is 2. The first-order valence-electron chi connectivity index (χ1n) is 8.82. The molecule has 8 heteroatoms. The summed E-state index contributed by atoms with van der Waals surface area (Å²) in [6.07, 6.45) is 2.43. The number of nitrogens with one attached hydrogen (secondary N) is 2. The van der Waals surface area contributed by atoms with E-state index in [0.717, 1.165) is 0 Å². The summed E-state index contributed by atoms with van der Waals surface area (Å²) in [5.74, 6) is 0.00606. The van der Waals surface area contributed by atoms with Crippen molar-refractivity contribution in [1.82, 2.24) is 9.97 Å². The van der Waals surface area contributed by atoms with Crippen molar-refractivity contribution in [2.24, 2.45) is 0 Å². The van der Waals surface area contributed by atoms with Crippen LogP contribution < -0.4 is 10.6 Å². The van der Waals surface area contributed by atoms with E-state index < -0.39 is 17.3 Å². The molecule has 0 aliphatic heterocycles. The minimum absolute atomic E-state index is 0.281. The van der Waals surface area contributed by atoms with Crippen LogP contribution in [-0.4, -0.2) is 32.7 Å². The maximum Gasteiger partial charge on any atom is 0.412 e. The molecule has 0 atom stereocenters. The summed E-state index contributed by atoms with van der Waals surface area (Å²) in [5, 5.41) is 15.3. The van der Waals surface area contributed by atoms with Crippen LogP contribution in [0.15, 0.2) is 30.6 Å². The molecule has 2 amide bonds. The standard InChI is InChI=1S/C20H26N4O4/c1-12(25)23-17-9-16(24-18(26)28-19(2,3)4)14(11-22-17)15-8-7-13(10-21-15)20(5,6)27/h7-11,27H,1-6H3,(H2,22,23,24,25,26). The molecule has 0 aromatic carbocycles. The van der Waals surface area contributed by atoms with E-state index >= 15 is 0 Å². The van der Waals surface area contributed by atoms with Gasteiger partial charge in [0.15, 0.2) is 0 Å². The zero-order valence-electron chi connectivity index (χ0n) is 17.0. The van der Waals surface area contributed by atoms with Crippen LogP contribution in [0.1, 0.15) is 47.1 Å². The van der Waals surface area contributed by atoms with Gasteiger partial charge in [-0.3, -0.25) is 15.1 Å². The van der Waals surface area contributed by atoms with Crippen molar-refractivity contribution >= 4 is 23.5 Å². The predicted molar refractivity (Wildman–Crippen MR) is 107 cm³/mol. The molecule has 2 aromatic rings. The maximum atomic E-state index is 12.2. The number of aliphatic hydroxyl groups is 1. The Morgan fingerprint density at radius 3 is 2.21 bits per heavy atom. The largest absolute Gasteiger partial charge is 0.444 e. The molecule has 0 radical (unpaired) electrons. The van der Waals surface area contributed by atoms with Gasteiger partial charge in [-0.1, -0.05) is 6.07 Å². The molecule has 0 fully saturated rings. The van der Waals surface area contributed by atoms with Crippen LogP contribution in [0.25, 0.3) is 11.3 Å². The van der Waals surface area contributed by atoms with Crippen LogP contribution in [0.2, 0.25) is 0 Å². The number of anilines is 2. The van der Waals surface area contributed by atoms with Gasteiger partial charge in [0.05, 0.1) is 17.0 Å². The van der Waals surface area contributed by atoms with Gasteiger partial charge in [-0.05, 0) is 40.7 Å². The molecule has 0 spiro atoms. The first-order valence-corrected chi connectivity index (χ1v) is 8.82. The van der Waals surface area contributed by atoms with Crippen LogP contribution in [-0.2, 0) is 15.1 Å². The van der Waals surface area contributed by atoms with Gasteiger partial charge in [-0.25, -0.2) is 9.78 Å².